The quantitative estimate of drug-likeness (QED) is 0.608. The van der Waals surface area contributed by atoms with Gasteiger partial charge in [0.15, 0.2) is 10.9 Å². The van der Waals surface area contributed by atoms with E-state index in [9.17, 15) is 4.79 Å². The van der Waals surface area contributed by atoms with Gasteiger partial charge in [-0.2, -0.15) is 0 Å². The number of nitrogens with zero attached hydrogens (tertiary/aromatic N) is 1. The molecule has 0 fully saturated rings. The number of nitrogens with one attached hydrogen (secondary N) is 1. The number of hydrogen-bond donors (Lipinski definition) is 1. The number of halogens is 2. The van der Waals surface area contributed by atoms with Gasteiger partial charge in [-0.15, -0.1) is 0 Å². The van der Waals surface area contributed by atoms with Crippen LogP contribution in [0, 0.1) is 6.92 Å². The van der Waals surface area contributed by atoms with Gasteiger partial charge < -0.3 is 5.32 Å². The van der Waals surface area contributed by atoms with Crippen LogP contribution in [0.25, 0.3) is 10.2 Å². The summed E-state index contributed by atoms with van der Waals surface area (Å²) in [7, 11) is 0. The molecule has 6 heteroatoms. The zero-order chi connectivity index (χ0) is 15.7. The van der Waals surface area contributed by atoms with Gasteiger partial charge in [-0.1, -0.05) is 51.0 Å². The van der Waals surface area contributed by atoms with Crippen LogP contribution in [0.15, 0.2) is 40.9 Å². The number of benzene rings is 2. The molecule has 2 aromatic carbocycles. The highest BCUT2D eigenvalue weighted by Crippen LogP contribution is 2.31. The Morgan fingerprint density at radius 3 is 2.73 bits per heavy atom. The molecule has 0 radical (unpaired) electrons. The number of aryl methyl sites for hydroxylation is 1. The van der Waals surface area contributed by atoms with Crippen LogP contribution in [0.5, 0.6) is 0 Å². The average Bonchev–Trinajstić information content (AvgIpc) is 2.93. The first-order chi connectivity index (χ1) is 10.5. The van der Waals surface area contributed by atoms with E-state index in [-0.39, 0.29) is 12.3 Å². The van der Waals surface area contributed by atoms with Crippen LogP contribution in [-0.4, -0.2) is 17.3 Å². The fraction of sp³-hybridized carbons (Fsp3) is 0.125. The number of carbonyl (C=O) groups excluding carboxylic acids is 1. The van der Waals surface area contributed by atoms with Gasteiger partial charge in [0.25, 0.3) is 0 Å². The van der Waals surface area contributed by atoms with Gasteiger partial charge in [0.2, 0.25) is 0 Å². The first-order valence-corrected chi connectivity index (χ1v) is 8.61. The van der Waals surface area contributed by atoms with Crippen LogP contribution in [0.4, 0.5) is 5.13 Å². The number of thiazole rings is 1. The van der Waals surface area contributed by atoms with Crippen LogP contribution in [0.2, 0.25) is 5.02 Å². The lowest BCUT2D eigenvalue weighted by Gasteiger charge is -2.02. The lowest BCUT2D eigenvalue weighted by molar-refractivity contribution is 0.101. The molecule has 0 aliphatic carbocycles. The minimum atomic E-state index is 0.0292. The second kappa shape index (κ2) is 6.36. The second-order valence-electron chi connectivity index (χ2n) is 4.82. The number of hydrogen-bond acceptors (Lipinski definition) is 4. The van der Waals surface area contributed by atoms with Crippen LogP contribution in [0.1, 0.15) is 15.9 Å². The number of rotatable bonds is 4. The minimum absolute atomic E-state index is 0.0292. The highest BCUT2D eigenvalue weighted by Gasteiger charge is 2.10. The van der Waals surface area contributed by atoms with Gasteiger partial charge in [-0.05, 0) is 36.8 Å². The van der Waals surface area contributed by atoms with E-state index in [0.29, 0.717) is 10.6 Å². The first kappa shape index (κ1) is 15.5. The lowest BCUT2D eigenvalue weighted by atomic mass is 10.1. The smallest absolute Gasteiger partial charge is 0.184 e. The van der Waals surface area contributed by atoms with Crippen molar-refractivity contribution in [1.29, 1.82) is 0 Å². The molecular formula is C16H12BrClN2OS. The van der Waals surface area contributed by atoms with E-state index in [2.05, 4.69) is 26.2 Å². The Morgan fingerprint density at radius 2 is 2.00 bits per heavy atom. The number of fused-ring (bicyclic) bond motifs is 1. The van der Waals surface area contributed by atoms with Crippen molar-refractivity contribution in [2.75, 3.05) is 11.9 Å². The van der Waals surface area contributed by atoms with Crippen LogP contribution < -0.4 is 5.32 Å². The summed E-state index contributed by atoms with van der Waals surface area (Å²) in [5, 5.41) is 4.53. The standard InChI is InChI=1S/C16H12BrClN2OS/c1-9-12(18)6-7-14-15(9)20-16(22-14)19-8-13(21)10-2-4-11(17)5-3-10/h2-7H,8H2,1H3,(H,19,20). The maximum absolute atomic E-state index is 12.1. The fourth-order valence-electron chi connectivity index (χ4n) is 2.07. The number of anilines is 1. The molecule has 3 rings (SSSR count). The van der Waals surface area contributed by atoms with E-state index < -0.39 is 0 Å². The Hall–Kier alpha value is -1.43. The number of aromatic nitrogens is 1. The summed E-state index contributed by atoms with van der Waals surface area (Å²) in [5.41, 5.74) is 2.52. The topological polar surface area (TPSA) is 42.0 Å². The Bertz CT molecular complexity index is 845. The van der Waals surface area contributed by atoms with Crippen molar-refractivity contribution in [2.45, 2.75) is 6.92 Å². The van der Waals surface area contributed by atoms with E-state index in [1.54, 1.807) is 12.1 Å². The number of ketones is 1. The number of carbonyl (C=O) groups is 1. The predicted molar refractivity (Wildman–Crippen MR) is 96.3 cm³/mol. The summed E-state index contributed by atoms with van der Waals surface area (Å²) in [6.45, 7) is 2.16. The molecule has 1 heterocycles. The van der Waals surface area contributed by atoms with Crippen molar-refractivity contribution in [3.63, 3.8) is 0 Å². The molecule has 0 bridgehead atoms. The summed E-state index contributed by atoms with van der Waals surface area (Å²) in [6.07, 6.45) is 0. The maximum atomic E-state index is 12.1. The van der Waals surface area contributed by atoms with Gasteiger partial charge in [0, 0.05) is 15.1 Å². The molecule has 0 amide bonds. The van der Waals surface area contributed by atoms with E-state index >= 15 is 0 Å². The molecule has 0 atom stereocenters. The Morgan fingerprint density at radius 1 is 1.27 bits per heavy atom. The van der Waals surface area contributed by atoms with Gasteiger partial charge in [0.1, 0.15) is 0 Å². The van der Waals surface area contributed by atoms with Crippen LogP contribution in [0.3, 0.4) is 0 Å². The molecular weight excluding hydrogens is 384 g/mol. The molecule has 3 aromatic rings. The molecule has 112 valence electrons. The molecule has 1 aromatic heterocycles. The van der Waals surface area contributed by atoms with E-state index in [1.807, 2.05) is 31.2 Å². The largest absolute Gasteiger partial charge is 0.354 e. The van der Waals surface area contributed by atoms with Gasteiger partial charge in [0.05, 0.1) is 16.8 Å². The monoisotopic (exact) mass is 394 g/mol. The van der Waals surface area contributed by atoms with Crippen molar-refractivity contribution in [2.24, 2.45) is 0 Å². The van der Waals surface area contributed by atoms with E-state index in [1.165, 1.54) is 11.3 Å². The van der Waals surface area contributed by atoms with Crippen molar-refractivity contribution < 1.29 is 4.79 Å². The first-order valence-electron chi connectivity index (χ1n) is 6.63. The summed E-state index contributed by atoms with van der Waals surface area (Å²) < 4.78 is 2.01. The summed E-state index contributed by atoms with van der Waals surface area (Å²) in [4.78, 5) is 16.7. The molecule has 0 aliphatic rings. The zero-order valence-electron chi connectivity index (χ0n) is 11.7. The third-order valence-corrected chi connectivity index (χ3v) is 5.23. The molecule has 3 nitrogen and oxygen atoms in total. The predicted octanol–water partition coefficient (Wildman–Crippen LogP) is 5.32. The van der Waals surface area contributed by atoms with E-state index in [4.69, 9.17) is 11.6 Å². The highest BCUT2D eigenvalue weighted by atomic mass is 79.9. The molecule has 0 aliphatic heterocycles. The SMILES string of the molecule is Cc1c(Cl)ccc2sc(NCC(=O)c3ccc(Br)cc3)nc12. The average molecular weight is 396 g/mol. The maximum Gasteiger partial charge on any atom is 0.184 e. The van der Waals surface area contributed by atoms with Gasteiger partial charge >= 0.3 is 0 Å². The minimum Gasteiger partial charge on any atom is -0.354 e. The molecule has 0 unspecified atom stereocenters. The zero-order valence-corrected chi connectivity index (χ0v) is 14.8. The highest BCUT2D eigenvalue weighted by molar-refractivity contribution is 9.10. The van der Waals surface area contributed by atoms with Gasteiger partial charge in [-0.3, -0.25) is 4.79 Å². The second-order valence-corrected chi connectivity index (χ2v) is 7.18. The van der Waals surface area contributed by atoms with Crippen LogP contribution >= 0.6 is 38.9 Å². The molecule has 1 N–H and O–H groups in total. The molecule has 0 saturated heterocycles. The Labute approximate surface area is 145 Å². The lowest BCUT2D eigenvalue weighted by Crippen LogP contribution is -2.13. The van der Waals surface area contributed by atoms with Crippen molar-refractivity contribution >= 4 is 60.0 Å². The third kappa shape index (κ3) is 3.16. The molecule has 0 spiro atoms. The van der Waals surface area contributed by atoms with Crippen molar-refractivity contribution in [3.8, 4) is 0 Å². The van der Waals surface area contributed by atoms with E-state index in [0.717, 1.165) is 25.4 Å². The number of Topliss-reactive ketones (excluding diaryl/α,β-unsaturated/α-hetero) is 1. The fourth-order valence-corrected chi connectivity index (χ4v) is 3.41. The van der Waals surface area contributed by atoms with Gasteiger partial charge in [-0.25, -0.2) is 4.98 Å². The van der Waals surface area contributed by atoms with Crippen molar-refractivity contribution in [3.05, 3.63) is 57.0 Å². The summed E-state index contributed by atoms with van der Waals surface area (Å²) >= 11 is 11.0. The van der Waals surface area contributed by atoms with Crippen LogP contribution in [-0.2, 0) is 0 Å². The molecule has 22 heavy (non-hydrogen) atoms. The van der Waals surface area contributed by atoms with Crippen molar-refractivity contribution in [1.82, 2.24) is 4.98 Å². The molecule has 0 saturated carbocycles. The Kier molecular flexibility index (Phi) is 4.47. The summed E-state index contributed by atoms with van der Waals surface area (Å²) in [6, 6.07) is 11.1. The normalized spacial score (nSPS) is 10.9. The third-order valence-electron chi connectivity index (χ3n) is 3.31. The Balaban J connectivity index is 1.75. The summed E-state index contributed by atoms with van der Waals surface area (Å²) in [5.74, 6) is 0.0292.